The largest absolute Gasteiger partial charge is 0.383 e. The lowest BCUT2D eigenvalue weighted by atomic mass is 9.91. The molecule has 0 radical (unpaired) electrons. The molecule has 0 spiro atoms. The van der Waals surface area contributed by atoms with Crippen LogP contribution in [0.4, 0.5) is 23.3 Å². The van der Waals surface area contributed by atoms with E-state index >= 15 is 0 Å². The summed E-state index contributed by atoms with van der Waals surface area (Å²) in [4.78, 5) is 36.5. The normalized spacial score (nSPS) is 18.4. The lowest BCUT2D eigenvalue weighted by Gasteiger charge is -2.30. The minimum atomic E-state index is -0.776. The van der Waals surface area contributed by atoms with Gasteiger partial charge in [-0.3, -0.25) is 9.59 Å². The first-order valence-electron chi connectivity index (χ1n) is 10.2. The summed E-state index contributed by atoms with van der Waals surface area (Å²) < 4.78 is 5.37. The van der Waals surface area contributed by atoms with Crippen LogP contribution in [0.15, 0.2) is 42.5 Å². The molecule has 9 heteroatoms. The van der Waals surface area contributed by atoms with E-state index in [1.54, 1.807) is 0 Å². The molecule has 0 saturated carbocycles. The number of nitrogens with zero attached hydrogens (tertiary/aromatic N) is 3. The van der Waals surface area contributed by atoms with E-state index in [9.17, 15) is 9.59 Å². The lowest BCUT2D eigenvalue weighted by molar-refractivity contribution is -0.123. The van der Waals surface area contributed by atoms with Gasteiger partial charge >= 0.3 is 0 Å². The zero-order chi connectivity index (χ0) is 21.4. The quantitative estimate of drug-likeness (QED) is 0.595. The number of nitrogens with two attached hydrogens (primary N) is 1. The number of hydrogen-bond donors (Lipinski definition) is 3. The van der Waals surface area contributed by atoms with E-state index in [1.807, 2.05) is 47.4 Å². The second-order valence-electron chi connectivity index (χ2n) is 7.59. The van der Waals surface area contributed by atoms with E-state index in [4.69, 9.17) is 10.5 Å². The number of nitrogen functional groups attached to an aromatic ring is 1. The molecule has 0 bridgehead atoms. The number of carbonyl (C=O) groups excluding carboxylic acids is 2. The molecule has 31 heavy (non-hydrogen) atoms. The Labute approximate surface area is 178 Å². The summed E-state index contributed by atoms with van der Waals surface area (Å²) >= 11 is 0. The molecule has 0 unspecified atom stereocenters. The van der Waals surface area contributed by atoms with Crippen molar-refractivity contribution in [1.29, 1.82) is 0 Å². The summed E-state index contributed by atoms with van der Waals surface area (Å²) in [6, 6.07) is 13.5. The van der Waals surface area contributed by atoms with E-state index in [0.717, 1.165) is 10.8 Å². The Balaban J connectivity index is 1.48. The monoisotopic (exact) mass is 418 g/mol. The molecule has 3 heterocycles. The number of fused-ring (bicyclic) bond motifs is 2. The minimum Gasteiger partial charge on any atom is -0.383 e. The number of morpholine rings is 1. The van der Waals surface area contributed by atoms with E-state index in [2.05, 4.69) is 20.6 Å². The van der Waals surface area contributed by atoms with Gasteiger partial charge in [0.1, 0.15) is 11.6 Å². The van der Waals surface area contributed by atoms with Crippen molar-refractivity contribution in [3.8, 4) is 0 Å². The Morgan fingerprint density at radius 2 is 1.90 bits per heavy atom. The van der Waals surface area contributed by atoms with Crippen LogP contribution >= 0.6 is 0 Å². The Hall–Kier alpha value is -3.72. The van der Waals surface area contributed by atoms with Crippen LogP contribution in [0.2, 0.25) is 0 Å². The van der Waals surface area contributed by atoms with Gasteiger partial charge in [0, 0.05) is 30.6 Å². The average Bonchev–Trinajstić information content (AvgIpc) is 2.79. The maximum atomic E-state index is 13.2. The molecular weight excluding hydrogens is 396 g/mol. The van der Waals surface area contributed by atoms with Crippen LogP contribution in [0.5, 0.6) is 0 Å². The molecule has 5 rings (SSSR count). The molecule has 2 amide bonds. The molecule has 4 N–H and O–H groups in total. The molecule has 2 aliphatic rings. The molecule has 1 aromatic heterocycles. The Kier molecular flexibility index (Phi) is 4.87. The first-order chi connectivity index (χ1) is 15.1. The highest BCUT2D eigenvalue weighted by atomic mass is 16.5. The third-order valence-corrected chi connectivity index (χ3v) is 5.62. The zero-order valence-corrected chi connectivity index (χ0v) is 16.8. The van der Waals surface area contributed by atoms with Crippen molar-refractivity contribution < 1.29 is 14.3 Å². The number of hydrogen-bond acceptors (Lipinski definition) is 7. The van der Waals surface area contributed by atoms with Crippen molar-refractivity contribution in [2.24, 2.45) is 0 Å². The number of carbonyl (C=O) groups is 2. The van der Waals surface area contributed by atoms with Crippen LogP contribution in [-0.2, 0) is 14.3 Å². The first-order valence-corrected chi connectivity index (χ1v) is 10.2. The summed E-state index contributed by atoms with van der Waals surface area (Å²) in [5, 5.41) is 7.65. The van der Waals surface area contributed by atoms with Gasteiger partial charge in [0.15, 0.2) is 0 Å². The van der Waals surface area contributed by atoms with Gasteiger partial charge < -0.3 is 26.0 Å². The lowest BCUT2D eigenvalue weighted by Crippen LogP contribution is -2.38. The van der Waals surface area contributed by atoms with Crippen LogP contribution in [-0.4, -0.2) is 48.1 Å². The summed E-state index contributed by atoms with van der Waals surface area (Å²) in [5.41, 5.74) is 7.40. The van der Waals surface area contributed by atoms with Crippen molar-refractivity contribution in [2.75, 3.05) is 47.6 Å². The average molecular weight is 418 g/mol. The molecule has 158 valence electrons. The number of ether oxygens (including phenoxy) is 1. The SMILES string of the molecule is Nc1nc(N2CCOCC2)nc2c1[C@H](C(=O)Nc1cccc3ccccc13)CC(=O)N2. The molecule has 1 atom stereocenters. The molecule has 3 aromatic rings. The van der Waals surface area contributed by atoms with E-state index < -0.39 is 5.92 Å². The number of amides is 2. The van der Waals surface area contributed by atoms with Gasteiger partial charge in [0.25, 0.3) is 0 Å². The second-order valence-corrected chi connectivity index (χ2v) is 7.59. The standard InChI is InChI=1S/C22H22N6O3/c23-19-18-15(21(30)24-16-7-3-5-13-4-1-2-6-14(13)16)12-17(29)25-20(18)27-22(26-19)28-8-10-31-11-9-28/h1-7,15H,8-12H2,(H,24,30)(H3,23,25,26,27,29)/t15-/m1/s1. The fourth-order valence-corrected chi connectivity index (χ4v) is 4.07. The first kappa shape index (κ1) is 19.3. The van der Waals surface area contributed by atoms with Crippen LogP contribution in [0.3, 0.4) is 0 Å². The number of anilines is 4. The van der Waals surface area contributed by atoms with Crippen molar-refractivity contribution in [1.82, 2.24) is 9.97 Å². The molecule has 9 nitrogen and oxygen atoms in total. The highest BCUT2D eigenvalue weighted by Crippen LogP contribution is 2.37. The van der Waals surface area contributed by atoms with Gasteiger partial charge in [-0.05, 0) is 11.5 Å². The van der Waals surface area contributed by atoms with E-state index in [-0.39, 0.29) is 24.1 Å². The highest BCUT2D eigenvalue weighted by molar-refractivity contribution is 6.08. The molecule has 2 aromatic carbocycles. The molecular formula is C22H22N6O3. The number of nitrogens with one attached hydrogen (secondary N) is 2. The molecule has 2 aliphatic heterocycles. The fourth-order valence-electron chi connectivity index (χ4n) is 4.07. The van der Waals surface area contributed by atoms with Gasteiger partial charge in [-0.25, -0.2) is 0 Å². The Morgan fingerprint density at radius 1 is 1.13 bits per heavy atom. The zero-order valence-electron chi connectivity index (χ0n) is 16.8. The molecule has 1 saturated heterocycles. The van der Waals surface area contributed by atoms with Crippen molar-refractivity contribution in [2.45, 2.75) is 12.3 Å². The maximum Gasteiger partial charge on any atom is 0.232 e. The number of benzene rings is 2. The van der Waals surface area contributed by atoms with Crippen molar-refractivity contribution >= 4 is 45.9 Å². The number of aromatic nitrogens is 2. The third-order valence-electron chi connectivity index (χ3n) is 5.62. The van der Waals surface area contributed by atoms with Crippen molar-refractivity contribution in [3.63, 3.8) is 0 Å². The predicted molar refractivity (Wildman–Crippen MR) is 118 cm³/mol. The maximum absolute atomic E-state index is 13.2. The smallest absolute Gasteiger partial charge is 0.232 e. The van der Waals surface area contributed by atoms with Gasteiger partial charge in [-0.2, -0.15) is 9.97 Å². The topological polar surface area (TPSA) is 122 Å². The van der Waals surface area contributed by atoms with E-state index in [1.165, 1.54) is 0 Å². The summed E-state index contributed by atoms with van der Waals surface area (Å²) in [7, 11) is 0. The van der Waals surface area contributed by atoms with Crippen LogP contribution in [0.25, 0.3) is 10.8 Å². The third kappa shape index (κ3) is 3.64. The van der Waals surface area contributed by atoms with E-state index in [0.29, 0.717) is 49.3 Å². The van der Waals surface area contributed by atoms with Gasteiger partial charge in [0.05, 0.1) is 24.7 Å². The van der Waals surface area contributed by atoms with Gasteiger partial charge in [0.2, 0.25) is 17.8 Å². The summed E-state index contributed by atoms with van der Waals surface area (Å²) in [6.45, 7) is 2.42. The second kappa shape index (κ2) is 7.84. The molecule has 1 fully saturated rings. The van der Waals surface area contributed by atoms with Crippen LogP contribution < -0.4 is 21.3 Å². The highest BCUT2D eigenvalue weighted by Gasteiger charge is 2.35. The molecule has 0 aliphatic carbocycles. The van der Waals surface area contributed by atoms with Gasteiger partial charge in [-0.15, -0.1) is 0 Å². The summed E-state index contributed by atoms with van der Waals surface area (Å²) in [5.74, 6) is -0.456. The minimum absolute atomic E-state index is 0.0198. The van der Waals surface area contributed by atoms with Gasteiger partial charge in [-0.1, -0.05) is 36.4 Å². The Morgan fingerprint density at radius 3 is 2.74 bits per heavy atom. The fraction of sp³-hybridized carbons (Fsp3) is 0.273. The van der Waals surface area contributed by atoms with Crippen LogP contribution in [0.1, 0.15) is 17.9 Å². The number of rotatable bonds is 3. The Bertz CT molecular complexity index is 1170. The predicted octanol–water partition coefficient (Wildman–Crippen LogP) is 2.11. The van der Waals surface area contributed by atoms with Crippen LogP contribution in [0, 0.1) is 0 Å². The van der Waals surface area contributed by atoms with Crippen molar-refractivity contribution in [3.05, 3.63) is 48.0 Å². The summed E-state index contributed by atoms with van der Waals surface area (Å²) in [6.07, 6.45) is -0.0198.